The number of carbonyl (C=O) groups excluding carboxylic acids is 1. The summed E-state index contributed by atoms with van der Waals surface area (Å²) in [5, 5.41) is 90.2. The van der Waals surface area contributed by atoms with Crippen molar-refractivity contribution >= 4 is 5.78 Å². The summed E-state index contributed by atoms with van der Waals surface area (Å²) in [7, 11) is 0. The van der Waals surface area contributed by atoms with Gasteiger partial charge in [0, 0.05) is 12.1 Å². The van der Waals surface area contributed by atoms with Gasteiger partial charge in [0.05, 0.1) is 19.6 Å². The molecule has 2 saturated heterocycles. The maximum absolute atomic E-state index is 13.4. The largest absolute Gasteiger partial charge is 0.508 e. The topological polar surface area (TPSA) is 245 Å². The molecule has 2 aromatic carbocycles. The molecule has 0 saturated carbocycles. The molecule has 15 nitrogen and oxygen atoms in total. The summed E-state index contributed by atoms with van der Waals surface area (Å²) < 4.78 is 28.4. The van der Waals surface area contributed by atoms with Crippen molar-refractivity contribution in [3.05, 3.63) is 47.5 Å². The summed E-state index contributed by atoms with van der Waals surface area (Å²) in [4.78, 5) is 13.4. The van der Waals surface area contributed by atoms with Crippen LogP contribution in [0, 0.1) is 0 Å². The predicted octanol–water partition coefficient (Wildman–Crippen LogP) is -2.54. The Labute approximate surface area is 238 Å². The minimum Gasteiger partial charge on any atom is -0.508 e. The van der Waals surface area contributed by atoms with Crippen molar-refractivity contribution < 1.29 is 74.4 Å². The third-order valence-corrected chi connectivity index (χ3v) is 7.42. The number of ketones is 1. The highest BCUT2D eigenvalue weighted by molar-refractivity contribution is 6.03. The number of aliphatic hydroxyl groups excluding tert-OH is 8. The van der Waals surface area contributed by atoms with Crippen LogP contribution in [0.4, 0.5) is 0 Å². The first-order valence-electron chi connectivity index (χ1n) is 13.1. The molecule has 0 bridgehead atoms. The molecular weight excluding hydrogens is 564 g/mol. The average molecular weight is 597 g/mol. The molecule has 3 heterocycles. The third kappa shape index (κ3) is 5.76. The molecule has 2 aromatic rings. The van der Waals surface area contributed by atoms with Crippen LogP contribution in [0.5, 0.6) is 23.0 Å². The quantitative estimate of drug-likeness (QED) is 0.160. The van der Waals surface area contributed by atoms with E-state index in [4.69, 9.17) is 23.7 Å². The van der Waals surface area contributed by atoms with E-state index in [2.05, 4.69) is 0 Å². The molecule has 9 N–H and O–H groups in total. The minimum atomic E-state index is -1.81. The Morgan fingerprint density at radius 3 is 1.83 bits per heavy atom. The molecule has 5 rings (SSSR count). The number of phenolic OH excluding ortho intramolecular Hbond substituents is 1. The highest BCUT2D eigenvalue weighted by Gasteiger charge is 2.47. The van der Waals surface area contributed by atoms with Gasteiger partial charge < -0.3 is 69.6 Å². The molecule has 2 fully saturated rings. The number of Topliss-reactive ketones (excluding diaryl/α,β-unsaturated/α-hetero) is 1. The van der Waals surface area contributed by atoms with Crippen molar-refractivity contribution in [3.8, 4) is 23.0 Å². The zero-order valence-corrected chi connectivity index (χ0v) is 21.9. The summed E-state index contributed by atoms with van der Waals surface area (Å²) in [6.07, 6.45) is -17.2. The standard InChI is InChI=1S/C27H32O15/c28-8-17-20(32)22(34)24(36)26(41-17)38-12-5-15-19(13(31)7-14(39-15)10-1-3-11(30)4-2-10)16(6-12)40-27-25(37)23(35)21(33)18(9-29)42-27/h1-6,14,17-18,20-30,32-37H,7-9H2/t14-,17+,18+,20+,21+,22-,23-,24+,25+,26-,27-/m0/s1. The smallest absolute Gasteiger partial charge is 0.229 e. The lowest BCUT2D eigenvalue weighted by Crippen LogP contribution is -2.60. The van der Waals surface area contributed by atoms with Gasteiger partial charge in [-0.15, -0.1) is 0 Å². The zero-order chi connectivity index (χ0) is 30.3. The van der Waals surface area contributed by atoms with Gasteiger partial charge >= 0.3 is 0 Å². The van der Waals surface area contributed by atoms with Crippen molar-refractivity contribution in [1.29, 1.82) is 0 Å². The third-order valence-electron chi connectivity index (χ3n) is 7.42. The van der Waals surface area contributed by atoms with Crippen molar-refractivity contribution in [2.24, 2.45) is 0 Å². The van der Waals surface area contributed by atoms with E-state index in [0.29, 0.717) is 5.56 Å². The maximum atomic E-state index is 13.4. The number of phenols is 1. The fourth-order valence-corrected chi connectivity index (χ4v) is 5.02. The normalized spacial score (nSPS) is 36.6. The fraction of sp³-hybridized carbons (Fsp3) is 0.519. The summed E-state index contributed by atoms with van der Waals surface area (Å²) in [5.41, 5.74) is 0.464. The number of aromatic hydroxyl groups is 1. The van der Waals surface area contributed by atoms with Crippen molar-refractivity contribution in [2.75, 3.05) is 13.2 Å². The van der Waals surface area contributed by atoms with E-state index < -0.39 is 86.5 Å². The van der Waals surface area contributed by atoms with Gasteiger partial charge in [-0.25, -0.2) is 0 Å². The zero-order valence-electron chi connectivity index (χ0n) is 21.9. The monoisotopic (exact) mass is 596 g/mol. The number of carbonyl (C=O) groups is 1. The summed E-state index contributed by atoms with van der Waals surface area (Å²) in [5.74, 6) is -0.923. The van der Waals surface area contributed by atoms with Crippen LogP contribution in [0.1, 0.15) is 28.4 Å². The Bertz CT molecular complexity index is 1250. The molecule has 230 valence electrons. The summed E-state index contributed by atoms with van der Waals surface area (Å²) in [6.45, 7) is -1.42. The van der Waals surface area contributed by atoms with E-state index in [0.717, 1.165) is 0 Å². The highest BCUT2D eigenvalue weighted by atomic mass is 16.7. The molecule has 0 unspecified atom stereocenters. The lowest BCUT2D eigenvalue weighted by Gasteiger charge is -2.40. The molecule has 15 heteroatoms. The first-order valence-corrected chi connectivity index (χ1v) is 13.1. The van der Waals surface area contributed by atoms with E-state index >= 15 is 0 Å². The molecule has 0 spiro atoms. The van der Waals surface area contributed by atoms with E-state index in [1.807, 2.05) is 0 Å². The number of hydrogen-bond donors (Lipinski definition) is 9. The Kier molecular flexibility index (Phi) is 8.86. The Morgan fingerprint density at radius 2 is 1.29 bits per heavy atom. The first-order chi connectivity index (χ1) is 20.0. The van der Waals surface area contributed by atoms with Crippen molar-refractivity contribution in [3.63, 3.8) is 0 Å². The number of aliphatic hydroxyl groups is 8. The molecule has 11 atom stereocenters. The number of hydrogen-bond acceptors (Lipinski definition) is 15. The second-order valence-corrected chi connectivity index (χ2v) is 10.3. The second kappa shape index (κ2) is 12.3. The summed E-state index contributed by atoms with van der Waals surface area (Å²) >= 11 is 0. The lowest BCUT2D eigenvalue weighted by molar-refractivity contribution is -0.278. The van der Waals surface area contributed by atoms with Crippen LogP contribution in [0.25, 0.3) is 0 Å². The lowest BCUT2D eigenvalue weighted by atomic mass is 9.95. The minimum absolute atomic E-state index is 0.00622. The Hall–Kier alpha value is -3.09. The van der Waals surface area contributed by atoms with Crippen LogP contribution in [0.2, 0.25) is 0 Å². The van der Waals surface area contributed by atoms with Crippen LogP contribution >= 0.6 is 0 Å². The van der Waals surface area contributed by atoms with E-state index in [9.17, 15) is 50.8 Å². The Morgan fingerprint density at radius 1 is 0.738 bits per heavy atom. The van der Waals surface area contributed by atoms with Gasteiger partial charge in [0.15, 0.2) is 5.78 Å². The number of benzene rings is 2. The van der Waals surface area contributed by atoms with E-state index in [-0.39, 0.29) is 35.0 Å². The van der Waals surface area contributed by atoms with Gasteiger partial charge in [0.25, 0.3) is 0 Å². The molecule has 0 aromatic heterocycles. The van der Waals surface area contributed by atoms with Crippen molar-refractivity contribution in [1.82, 2.24) is 0 Å². The van der Waals surface area contributed by atoms with Gasteiger partial charge in [0.2, 0.25) is 12.6 Å². The van der Waals surface area contributed by atoms with E-state index in [1.165, 1.54) is 24.3 Å². The van der Waals surface area contributed by atoms with Gasteiger partial charge in [0.1, 0.15) is 83.5 Å². The average Bonchev–Trinajstić information content (AvgIpc) is 2.97. The molecule has 0 amide bonds. The van der Waals surface area contributed by atoms with Gasteiger partial charge in [-0.2, -0.15) is 0 Å². The molecule has 3 aliphatic heterocycles. The van der Waals surface area contributed by atoms with Gasteiger partial charge in [-0.1, -0.05) is 12.1 Å². The second-order valence-electron chi connectivity index (χ2n) is 10.3. The van der Waals surface area contributed by atoms with E-state index in [1.54, 1.807) is 12.1 Å². The predicted molar refractivity (Wildman–Crippen MR) is 136 cm³/mol. The highest BCUT2D eigenvalue weighted by Crippen LogP contribution is 2.44. The molecule has 0 radical (unpaired) electrons. The molecule has 42 heavy (non-hydrogen) atoms. The summed E-state index contributed by atoms with van der Waals surface area (Å²) in [6, 6.07) is 8.43. The van der Waals surface area contributed by atoms with Gasteiger partial charge in [-0.3, -0.25) is 4.79 Å². The van der Waals surface area contributed by atoms with Crippen LogP contribution in [0.15, 0.2) is 36.4 Å². The van der Waals surface area contributed by atoms with Crippen molar-refractivity contribution in [2.45, 2.75) is 73.9 Å². The number of rotatable bonds is 7. The van der Waals surface area contributed by atoms with Crippen LogP contribution in [-0.2, 0) is 9.47 Å². The number of ether oxygens (including phenoxy) is 5. The molecule has 0 aliphatic carbocycles. The van der Waals surface area contributed by atoms with Crippen LogP contribution in [0.3, 0.4) is 0 Å². The fourth-order valence-electron chi connectivity index (χ4n) is 5.02. The molecule has 3 aliphatic rings. The Balaban J connectivity index is 1.50. The first kappa shape index (κ1) is 30.4. The number of fused-ring (bicyclic) bond motifs is 1. The molecular formula is C27H32O15. The van der Waals surface area contributed by atoms with Gasteiger partial charge in [-0.05, 0) is 17.7 Å². The maximum Gasteiger partial charge on any atom is 0.229 e. The van der Waals surface area contributed by atoms with Crippen LogP contribution in [-0.4, -0.2) is 126 Å². The van der Waals surface area contributed by atoms with Crippen LogP contribution < -0.4 is 14.2 Å². The SMILES string of the molecule is O=C1C[C@@H](c2ccc(O)cc2)Oc2cc(O[C@H]3O[C@H](CO)[C@@H](O)[C@H](O)[C@H]3O)cc(O[C@H]3O[C@H](CO)[C@@H](O)[C@H](O)[C@H]3O)c21.